The van der Waals surface area contributed by atoms with Crippen molar-refractivity contribution in [2.75, 3.05) is 13.2 Å². The zero-order valence-corrected chi connectivity index (χ0v) is 16.2. The maximum Gasteiger partial charge on any atom is 0.249 e. The number of nitrogens with zero attached hydrogens (tertiary/aromatic N) is 1. The molecule has 27 heavy (non-hydrogen) atoms. The van der Waals surface area contributed by atoms with Crippen molar-refractivity contribution in [3.05, 3.63) is 69.7 Å². The highest BCUT2D eigenvalue weighted by molar-refractivity contribution is 6.30. The second kappa shape index (κ2) is 7.80. The predicted molar refractivity (Wildman–Crippen MR) is 105 cm³/mol. The summed E-state index contributed by atoms with van der Waals surface area (Å²) in [5.74, 6) is 0.242. The summed E-state index contributed by atoms with van der Waals surface area (Å²) in [6, 6.07) is 14.4. The van der Waals surface area contributed by atoms with E-state index in [1.807, 2.05) is 53.4 Å². The zero-order chi connectivity index (χ0) is 19.0. The lowest BCUT2D eigenvalue weighted by atomic mass is 9.91. The first-order chi connectivity index (χ1) is 13.1. The number of aliphatic hydroxyl groups is 1. The van der Waals surface area contributed by atoms with Crippen LogP contribution >= 0.6 is 23.2 Å². The molecule has 2 aromatic carbocycles. The van der Waals surface area contributed by atoms with Crippen LogP contribution in [0.5, 0.6) is 0 Å². The van der Waals surface area contributed by atoms with Crippen molar-refractivity contribution in [1.82, 2.24) is 4.90 Å². The number of aliphatic hydroxyl groups excluding tert-OH is 1. The third-order valence-electron chi connectivity index (χ3n) is 5.36. The summed E-state index contributed by atoms with van der Waals surface area (Å²) in [6.07, 6.45) is 1.70. The average Bonchev–Trinajstić information content (AvgIpc) is 3.49. The van der Waals surface area contributed by atoms with Crippen molar-refractivity contribution in [2.24, 2.45) is 5.92 Å². The molecule has 1 amide bonds. The average molecular weight is 406 g/mol. The molecule has 2 aromatic rings. The molecule has 1 saturated heterocycles. The standard InChI is InChI=1S/C21H21Cl2NO3/c22-16-8-6-14(7-9-16)20-21(15-2-1-3-17(23)10-15)27-12-19(26)24(20)18(11-25)13-4-5-13/h1-3,6-10,13,18,20-21,25H,4-5,11-12H2/t18-,20?,21-/m1/s1. The predicted octanol–water partition coefficient (Wildman–Crippen LogP) is 4.41. The molecule has 4 rings (SSSR count). The fourth-order valence-corrected chi connectivity index (χ4v) is 4.25. The van der Waals surface area contributed by atoms with Gasteiger partial charge in [-0.05, 0) is 54.2 Å². The number of morpholine rings is 1. The number of hydrogen-bond acceptors (Lipinski definition) is 3. The Balaban J connectivity index is 1.79. The molecule has 1 N–H and O–H groups in total. The molecule has 6 heteroatoms. The van der Waals surface area contributed by atoms with E-state index in [2.05, 4.69) is 0 Å². The van der Waals surface area contributed by atoms with Crippen LogP contribution in [0.15, 0.2) is 48.5 Å². The van der Waals surface area contributed by atoms with Crippen molar-refractivity contribution in [3.8, 4) is 0 Å². The van der Waals surface area contributed by atoms with Gasteiger partial charge in [-0.3, -0.25) is 4.79 Å². The molecule has 2 fully saturated rings. The molecule has 1 aliphatic heterocycles. The minimum Gasteiger partial charge on any atom is -0.394 e. The van der Waals surface area contributed by atoms with Gasteiger partial charge < -0.3 is 14.7 Å². The van der Waals surface area contributed by atoms with Crippen molar-refractivity contribution in [1.29, 1.82) is 0 Å². The second-order valence-corrected chi connectivity index (χ2v) is 8.04. The zero-order valence-electron chi connectivity index (χ0n) is 14.7. The maximum atomic E-state index is 12.9. The van der Waals surface area contributed by atoms with Gasteiger partial charge in [0.2, 0.25) is 5.91 Å². The third kappa shape index (κ3) is 3.85. The summed E-state index contributed by atoms with van der Waals surface area (Å²) in [7, 11) is 0. The lowest BCUT2D eigenvalue weighted by Crippen LogP contribution is -2.52. The SMILES string of the molecule is O=C1CO[C@H](c2cccc(Cl)c2)C(c2ccc(Cl)cc2)N1[C@H](CO)C1CC1. The highest BCUT2D eigenvalue weighted by atomic mass is 35.5. The van der Waals surface area contributed by atoms with Gasteiger partial charge in [-0.2, -0.15) is 0 Å². The number of amides is 1. The van der Waals surface area contributed by atoms with Crippen LogP contribution in [0.25, 0.3) is 0 Å². The molecule has 1 heterocycles. The molecule has 2 aliphatic rings. The van der Waals surface area contributed by atoms with E-state index >= 15 is 0 Å². The van der Waals surface area contributed by atoms with E-state index in [9.17, 15) is 9.90 Å². The van der Waals surface area contributed by atoms with Crippen molar-refractivity contribution in [3.63, 3.8) is 0 Å². The van der Waals surface area contributed by atoms with Gasteiger partial charge in [0.05, 0.1) is 18.7 Å². The summed E-state index contributed by atoms with van der Waals surface area (Å²) in [6.45, 7) is -0.0622. The Kier molecular flexibility index (Phi) is 5.42. The monoisotopic (exact) mass is 405 g/mol. The van der Waals surface area contributed by atoms with E-state index in [-0.39, 0.29) is 37.3 Å². The number of carbonyl (C=O) groups is 1. The molecule has 0 spiro atoms. The summed E-state index contributed by atoms with van der Waals surface area (Å²) in [4.78, 5) is 14.7. The normalized spacial score (nSPS) is 24.1. The number of hydrogen-bond donors (Lipinski definition) is 1. The maximum absolute atomic E-state index is 12.9. The Labute approximate surface area is 168 Å². The topological polar surface area (TPSA) is 49.8 Å². The van der Waals surface area contributed by atoms with Crippen molar-refractivity contribution >= 4 is 29.1 Å². The largest absolute Gasteiger partial charge is 0.394 e. The molecule has 142 valence electrons. The number of carbonyl (C=O) groups excluding carboxylic acids is 1. The number of halogens is 2. The van der Waals surface area contributed by atoms with Gasteiger partial charge in [-0.15, -0.1) is 0 Å². The molecule has 1 saturated carbocycles. The van der Waals surface area contributed by atoms with Crippen LogP contribution < -0.4 is 0 Å². The van der Waals surface area contributed by atoms with Crippen LogP contribution in [0.2, 0.25) is 10.0 Å². The summed E-state index contributed by atoms with van der Waals surface area (Å²) < 4.78 is 5.99. The number of benzene rings is 2. The summed E-state index contributed by atoms with van der Waals surface area (Å²) in [5.41, 5.74) is 1.84. The quantitative estimate of drug-likeness (QED) is 0.801. The Morgan fingerprint density at radius 1 is 1.07 bits per heavy atom. The van der Waals surface area contributed by atoms with Crippen LogP contribution in [0.3, 0.4) is 0 Å². The molecule has 3 atom stereocenters. The van der Waals surface area contributed by atoms with E-state index in [4.69, 9.17) is 27.9 Å². The van der Waals surface area contributed by atoms with Gasteiger partial charge in [0, 0.05) is 10.0 Å². The molecule has 1 aliphatic carbocycles. The fourth-order valence-electron chi connectivity index (χ4n) is 3.92. The number of ether oxygens (including phenoxy) is 1. The van der Waals surface area contributed by atoms with Crippen molar-refractivity contribution in [2.45, 2.75) is 31.0 Å². The lowest BCUT2D eigenvalue weighted by Gasteiger charge is -2.45. The summed E-state index contributed by atoms with van der Waals surface area (Å²) in [5, 5.41) is 11.3. The van der Waals surface area contributed by atoms with E-state index < -0.39 is 0 Å². The van der Waals surface area contributed by atoms with Crippen molar-refractivity contribution < 1.29 is 14.6 Å². The molecule has 0 radical (unpaired) electrons. The van der Waals surface area contributed by atoms with Gasteiger partial charge >= 0.3 is 0 Å². The fraction of sp³-hybridized carbons (Fsp3) is 0.381. The lowest BCUT2D eigenvalue weighted by molar-refractivity contribution is -0.165. The minimum absolute atomic E-state index is 0.00943. The first kappa shape index (κ1) is 18.8. The van der Waals surface area contributed by atoms with Crippen LogP contribution in [0.1, 0.15) is 36.1 Å². The molecule has 0 bridgehead atoms. The van der Waals surface area contributed by atoms with Gasteiger partial charge in [-0.1, -0.05) is 47.5 Å². The van der Waals surface area contributed by atoms with Crippen LogP contribution in [0, 0.1) is 5.92 Å². The van der Waals surface area contributed by atoms with Gasteiger partial charge in [0.15, 0.2) is 0 Å². The number of rotatable bonds is 5. The van der Waals surface area contributed by atoms with Gasteiger partial charge in [0.25, 0.3) is 0 Å². The van der Waals surface area contributed by atoms with Gasteiger partial charge in [-0.25, -0.2) is 0 Å². The van der Waals surface area contributed by atoms with Crippen LogP contribution in [-0.4, -0.2) is 35.2 Å². The highest BCUT2D eigenvalue weighted by Crippen LogP contribution is 2.46. The van der Waals surface area contributed by atoms with E-state index in [1.165, 1.54) is 0 Å². The molecular weight excluding hydrogens is 385 g/mol. The van der Waals surface area contributed by atoms with Crippen LogP contribution in [-0.2, 0) is 9.53 Å². The Hall–Kier alpha value is -1.59. The third-order valence-corrected chi connectivity index (χ3v) is 5.85. The smallest absolute Gasteiger partial charge is 0.249 e. The first-order valence-corrected chi connectivity index (χ1v) is 9.88. The first-order valence-electron chi connectivity index (χ1n) is 9.13. The van der Waals surface area contributed by atoms with E-state index in [1.54, 1.807) is 0 Å². The molecular formula is C21H21Cl2NO3. The Morgan fingerprint density at radius 3 is 2.44 bits per heavy atom. The highest BCUT2D eigenvalue weighted by Gasteiger charge is 2.46. The van der Waals surface area contributed by atoms with E-state index in [0.717, 1.165) is 24.0 Å². The van der Waals surface area contributed by atoms with E-state index in [0.29, 0.717) is 16.0 Å². The second-order valence-electron chi connectivity index (χ2n) is 7.17. The molecule has 0 aromatic heterocycles. The molecule has 1 unspecified atom stereocenters. The Morgan fingerprint density at radius 2 is 1.81 bits per heavy atom. The van der Waals surface area contributed by atoms with Crippen LogP contribution in [0.4, 0.5) is 0 Å². The van der Waals surface area contributed by atoms with Gasteiger partial charge in [0.1, 0.15) is 12.7 Å². The minimum atomic E-state index is -0.365. The Bertz CT molecular complexity index is 822. The molecule has 4 nitrogen and oxygen atoms in total. The summed E-state index contributed by atoms with van der Waals surface area (Å²) >= 11 is 12.3.